The van der Waals surface area contributed by atoms with Crippen molar-refractivity contribution in [3.8, 4) is 0 Å². The highest BCUT2D eigenvalue weighted by Gasteiger charge is 2.27. The van der Waals surface area contributed by atoms with Gasteiger partial charge in [-0.25, -0.2) is 8.78 Å². The van der Waals surface area contributed by atoms with Crippen molar-refractivity contribution < 1.29 is 18.4 Å². The molecule has 0 aliphatic rings. The molecule has 0 heterocycles. The SMILES string of the molecule is CCN(C)C(=O)c1cccc(C(=O)NCC(F)(F)CN)c1.Cl. The zero-order chi connectivity index (χ0) is 16.0. The van der Waals surface area contributed by atoms with E-state index in [2.05, 4.69) is 5.32 Å². The van der Waals surface area contributed by atoms with Gasteiger partial charge >= 0.3 is 0 Å². The maximum atomic E-state index is 13.0. The molecule has 2 amide bonds. The second kappa shape index (κ2) is 8.65. The Bertz CT molecular complexity index is 527. The summed E-state index contributed by atoms with van der Waals surface area (Å²) in [5.74, 6) is -4.05. The fraction of sp³-hybridized carbons (Fsp3) is 0.429. The van der Waals surface area contributed by atoms with E-state index in [0.717, 1.165) is 0 Å². The topological polar surface area (TPSA) is 75.4 Å². The van der Waals surface area contributed by atoms with Crippen molar-refractivity contribution in [3.63, 3.8) is 0 Å². The molecule has 0 radical (unpaired) electrons. The molecule has 1 rings (SSSR count). The predicted molar refractivity (Wildman–Crippen MR) is 82.7 cm³/mol. The zero-order valence-electron chi connectivity index (χ0n) is 12.4. The van der Waals surface area contributed by atoms with Gasteiger partial charge < -0.3 is 16.0 Å². The second-order valence-electron chi connectivity index (χ2n) is 4.64. The summed E-state index contributed by atoms with van der Waals surface area (Å²) in [6.07, 6.45) is 0. The van der Waals surface area contributed by atoms with Gasteiger partial charge in [0.2, 0.25) is 0 Å². The number of nitrogens with one attached hydrogen (secondary N) is 1. The number of amides is 2. The number of nitrogens with two attached hydrogens (primary N) is 1. The quantitative estimate of drug-likeness (QED) is 0.827. The number of nitrogens with zero attached hydrogens (tertiary/aromatic N) is 1. The fourth-order valence-corrected chi connectivity index (χ4v) is 1.54. The van der Waals surface area contributed by atoms with Gasteiger partial charge in [0, 0.05) is 24.7 Å². The summed E-state index contributed by atoms with van der Waals surface area (Å²) in [5, 5.41) is 2.11. The van der Waals surface area contributed by atoms with Gasteiger partial charge in [-0.05, 0) is 25.1 Å². The number of carbonyl (C=O) groups excluding carboxylic acids is 2. The standard InChI is InChI=1S/C14H19F2N3O2.ClH/c1-3-19(2)13(21)11-6-4-5-10(7-11)12(20)18-9-14(15,16)8-17;/h4-7H,3,8-9,17H2,1-2H3,(H,18,20);1H. The molecule has 0 unspecified atom stereocenters. The first-order valence-electron chi connectivity index (χ1n) is 6.52. The third kappa shape index (κ3) is 5.57. The Hall–Kier alpha value is -1.73. The van der Waals surface area contributed by atoms with E-state index < -0.39 is 24.9 Å². The third-order valence-corrected chi connectivity index (χ3v) is 3.00. The summed E-state index contributed by atoms with van der Waals surface area (Å²) in [6, 6.07) is 5.94. The maximum Gasteiger partial charge on any atom is 0.277 e. The molecule has 0 aliphatic heterocycles. The minimum Gasteiger partial charge on any atom is -0.346 e. The van der Waals surface area contributed by atoms with Crippen LogP contribution in [0.15, 0.2) is 24.3 Å². The first-order chi connectivity index (χ1) is 9.80. The lowest BCUT2D eigenvalue weighted by molar-refractivity contribution is 0.0118. The monoisotopic (exact) mass is 335 g/mol. The second-order valence-corrected chi connectivity index (χ2v) is 4.64. The first-order valence-corrected chi connectivity index (χ1v) is 6.52. The summed E-state index contributed by atoms with van der Waals surface area (Å²) in [7, 11) is 1.64. The van der Waals surface area contributed by atoms with Crippen molar-refractivity contribution in [2.75, 3.05) is 26.7 Å². The highest BCUT2D eigenvalue weighted by Crippen LogP contribution is 2.11. The van der Waals surface area contributed by atoms with Crippen LogP contribution in [0, 0.1) is 0 Å². The molecule has 22 heavy (non-hydrogen) atoms. The van der Waals surface area contributed by atoms with E-state index in [1.807, 2.05) is 6.92 Å². The molecule has 124 valence electrons. The third-order valence-electron chi connectivity index (χ3n) is 3.00. The lowest BCUT2D eigenvalue weighted by Crippen LogP contribution is -2.41. The average molecular weight is 336 g/mol. The van der Waals surface area contributed by atoms with E-state index in [1.54, 1.807) is 13.1 Å². The average Bonchev–Trinajstić information content (AvgIpc) is 2.51. The van der Waals surface area contributed by atoms with Crippen LogP contribution in [0.4, 0.5) is 8.78 Å². The van der Waals surface area contributed by atoms with E-state index in [9.17, 15) is 18.4 Å². The Morgan fingerprint density at radius 2 is 1.91 bits per heavy atom. The number of hydrogen-bond acceptors (Lipinski definition) is 3. The fourth-order valence-electron chi connectivity index (χ4n) is 1.54. The van der Waals surface area contributed by atoms with Crippen LogP contribution in [0.5, 0.6) is 0 Å². The molecule has 0 aliphatic carbocycles. The summed E-state index contributed by atoms with van der Waals surface area (Å²) >= 11 is 0. The Balaban J connectivity index is 0.00000441. The molecule has 0 saturated carbocycles. The number of benzene rings is 1. The lowest BCUT2D eigenvalue weighted by atomic mass is 10.1. The number of carbonyl (C=O) groups is 2. The number of halogens is 3. The van der Waals surface area contributed by atoms with Crippen molar-refractivity contribution in [1.29, 1.82) is 0 Å². The largest absolute Gasteiger partial charge is 0.346 e. The van der Waals surface area contributed by atoms with Crippen LogP contribution in [0.3, 0.4) is 0 Å². The van der Waals surface area contributed by atoms with E-state index in [4.69, 9.17) is 5.73 Å². The first kappa shape index (κ1) is 20.3. The molecule has 1 aromatic rings. The van der Waals surface area contributed by atoms with Crippen LogP contribution < -0.4 is 11.1 Å². The normalized spacial score (nSPS) is 10.6. The molecule has 8 heteroatoms. The van der Waals surface area contributed by atoms with Crippen molar-refractivity contribution in [2.45, 2.75) is 12.8 Å². The zero-order valence-corrected chi connectivity index (χ0v) is 13.3. The minimum atomic E-state index is -3.15. The predicted octanol–water partition coefficient (Wildman–Crippen LogP) is 1.52. The van der Waals surface area contributed by atoms with E-state index >= 15 is 0 Å². The smallest absolute Gasteiger partial charge is 0.277 e. The summed E-state index contributed by atoms with van der Waals surface area (Å²) < 4.78 is 26.0. The Kier molecular flexibility index (Phi) is 7.97. The molecule has 0 saturated heterocycles. The molecular formula is C14H20ClF2N3O2. The molecular weight excluding hydrogens is 316 g/mol. The lowest BCUT2D eigenvalue weighted by Gasteiger charge is -2.16. The van der Waals surface area contributed by atoms with Gasteiger partial charge in [-0.2, -0.15) is 0 Å². The molecule has 0 fully saturated rings. The van der Waals surface area contributed by atoms with Crippen molar-refractivity contribution in [3.05, 3.63) is 35.4 Å². The van der Waals surface area contributed by atoms with Crippen molar-refractivity contribution in [2.24, 2.45) is 5.73 Å². The van der Waals surface area contributed by atoms with Gasteiger partial charge in [0.25, 0.3) is 17.7 Å². The van der Waals surface area contributed by atoms with Crippen LogP contribution in [0.1, 0.15) is 27.6 Å². The van der Waals surface area contributed by atoms with Crippen LogP contribution in [-0.4, -0.2) is 49.3 Å². The van der Waals surface area contributed by atoms with Crippen LogP contribution >= 0.6 is 12.4 Å². The molecule has 3 N–H and O–H groups in total. The van der Waals surface area contributed by atoms with Gasteiger partial charge in [0.1, 0.15) is 0 Å². The van der Waals surface area contributed by atoms with Gasteiger partial charge in [0.15, 0.2) is 0 Å². The van der Waals surface area contributed by atoms with Gasteiger partial charge in [-0.1, -0.05) is 6.07 Å². The van der Waals surface area contributed by atoms with Crippen LogP contribution in [0.2, 0.25) is 0 Å². The van der Waals surface area contributed by atoms with Gasteiger partial charge in [0.05, 0.1) is 13.1 Å². The highest BCUT2D eigenvalue weighted by atomic mass is 35.5. The summed E-state index contributed by atoms with van der Waals surface area (Å²) in [6.45, 7) is 0.670. The Morgan fingerprint density at radius 3 is 2.45 bits per heavy atom. The van der Waals surface area contributed by atoms with Crippen LogP contribution in [-0.2, 0) is 0 Å². The highest BCUT2D eigenvalue weighted by molar-refractivity contribution is 5.99. The molecule has 0 aromatic heterocycles. The van der Waals surface area contributed by atoms with Crippen LogP contribution in [0.25, 0.3) is 0 Å². The van der Waals surface area contributed by atoms with E-state index in [0.29, 0.717) is 12.1 Å². The summed E-state index contributed by atoms with van der Waals surface area (Å²) in [5.41, 5.74) is 5.37. The molecule has 0 spiro atoms. The summed E-state index contributed by atoms with van der Waals surface area (Å²) in [4.78, 5) is 25.3. The van der Waals surface area contributed by atoms with Gasteiger partial charge in [-0.3, -0.25) is 9.59 Å². The van der Waals surface area contributed by atoms with E-state index in [-0.39, 0.29) is 23.9 Å². The number of rotatable bonds is 6. The minimum absolute atomic E-state index is 0. The molecule has 0 bridgehead atoms. The number of alkyl halides is 2. The molecule has 1 aromatic carbocycles. The number of hydrogen-bond donors (Lipinski definition) is 2. The Morgan fingerprint density at radius 1 is 1.32 bits per heavy atom. The molecule has 5 nitrogen and oxygen atoms in total. The maximum absolute atomic E-state index is 13.0. The van der Waals surface area contributed by atoms with Gasteiger partial charge in [-0.15, -0.1) is 12.4 Å². The van der Waals surface area contributed by atoms with Crippen molar-refractivity contribution >= 4 is 24.2 Å². The van der Waals surface area contributed by atoms with Crippen molar-refractivity contribution in [1.82, 2.24) is 10.2 Å². The molecule has 0 atom stereocenters. The Labute approximate surface area is 134 Å². The van der Waals surface area contributed by atoms with E-state index in [1.165, 1.54) is 23.1 Å².